The molecule has 27 heavy (non-hydrogen) atoms. The Morgan fingerprint density at radius 3 is 2.74 bits per heavy atom. The van der Waals surface area contributed by atoms with Crippen LogP contribution in [0.2, 0.25) is 5.02 Å². The van der Waals surface area contributed by atoms with Crippen LogP contribution >= 0.6 is 38.9 Å². The van der Waals surface area contributed by atoms with Gasteiger partial charge in [-0.1, -0.05) is 23.7 Å². The molecular weight excluding hydrogens is 453 g/mol. The van der Waals surface area contributed by atoms with Gasteiger partial charge in [-0.05, 0) is 57.2 Å². The Balaban J connectivity index is 1.67. The van der Waals surface area contributed by atoms with E-state index in [0.29, 0.717) is 28.6 Å². The quantitative estimate of drug-likeness (QED) is 0.426. The molecule has 0 atom stereocenters. The van der Waals surface area contributed by atoms with Gasteiger partial charge in [-0.2, -0.15) is 0 Å². The highest BCUT2D eigenvalue weighted by Gasteiger charge is 2.13. The number of benzene rings is 2. The van der Waals surface area contributed by atoms with E-state index >= 15 is 0 Å². The van der Waals surface area contributed by atoms with E-state index < -0.39 is 0 Å². The third-order valence-corrected chi connectivity index (χ3v) is 5.70. The Labute approximate surface area is 175 Å². The number of nitrogens with one attached hydrogen (secondary N) is 1. The summed E-state index contributed by atoms with van der Waals surface area (Å²) in [6, 6.07) is 12.3. The molecule has 0 amide bonds. The number of halogens is 3. The normalized spacial score (nSPS) is 10.8. The van der Waals surface area contributed by atoms with Crippen molar-refractivity contribution in [3.63, 3.8) is 0 Å². The van der Waals surface area contributed by atoms with Crippen molar-refractivity contribution in [2.75, 3.05) is 7.11 Å². The largest absolute Gasteiger partial charge is 0.493 e. The smallest absolute Gasteiger partial charge is 0.175 e. The Kier molecular flexibility index (Phi) is 7.13. The van der Waals surface area contributed by atoms with E-state index in [1.807, 2.05) is 18.2 Å². The van der Waals surface area contributed by atoms with Gasteiger partial charge in [0.1, 0.15) is 12.4 Å². The number of thiophene rings is 1. The molecule has 0 fully saturated rings. The molecule has 0 aliphatic carbocycles. The average molecular weight is 471 g/mol. The summed E-state index contributed by atoms with van der Waals surface area (Å²) in [4.78, 5) is 1.29. The molecule has 2 aromatic carbocycles. The van der Waals surface area contributed by atoms with Gasteiger partial charge < -0.3 is 14.8 Å². The highest BCUT2D eigenvalue weighted by atomic mass is 79.9. The standard InChI is InChI=1S/C20H18BrClFNO2S/c1-25-19-8-13(10-24-11-16-3-2-6-27-16)7-17(21)20(19)26-12-14-4-5-15(23)9-18(14)22/h2-9,24H,10-12H2,1H3. The molecule has 142 valence electrons. The lowest BCUT2D eigenvalue weighted by Gasteiger charge is -2.15. The molecule has 7 heteroatoms. The molecule has 0 bridgehead atoms. The Morgan fingerprint density at radius 1 is 1.19 bits per heavy atom. The molecule has 0 unspecified atom stereocenters. The lowest BCUT2D eigenvalue weighted by molar-refractivity contribution is 0.282. The van der Waals surface area contributed by atoms with E-state index in [-0.39, 0.29) is 12.4 Å². The summed E-state index contributed by atoms with van der Waals surface area (Å²) >= 11 is 11.3. The molecule has 0 aliphatic heterocycles. The highest BCUT2D eigenvalue weighted by Crippen LogP contribution is 2.37. The molecule has 1 N–H and O–H groups in total. The second-order valence-corrected chi connectivity index (χ2v) is 8.11. The van der Waals surface area contributed by atoms with Crippen molar-refractivity contribution in [2.24, 2.45) is 0 Å². The lowest BCUT2D eigenvalue weighted by atomic mass is 10.2. The number of methoxy groups -OCH3 is 1. The van der Waals surface area contributed by atoms with Gasteiger partial charge in [0, 0.05) is 23.5 Å². The van der Waals surface area contributed by atoms with Gasteiger partial charge >= 0.3 is 0 Å². The first kappa shape index (κ1) is 20.1. The van der Waals surface area contributed by atoms with Gasteiger partial charge in [-0.3, -0.25) is 0 Å². The highest BCUT2D eigenvalue weighted by molar-refractivity contribution is 9.10. The number of hydrogen-bond acceptors (Lipinski definition) is 4. The monoisotopic (exact) mass is 469 g/mol. The molecule has 0 radical (unpaired) electrons. The molecule has 0 aliphatic rings. The van der Waals surface area contributed by atoms with E-state index in [9.17, 15) is 4.39 Å². The molecule has 3 aromatic rings. The molecule has 1 aromatic heterocycles. The lowest BCUT2D eigenvalue weighted by Crippen LogP contribution is -2.12. The van der Waals surface area contributed by atoms with Gasteiger partial charge in [0.2, 0.25) is 0 Å². The molecule has 0 saturated heterocycles. The van der Waals surface area contributed by atoms with E-state index in [1.54, 1.807) is 24.5 Å². The molecule has 0 saturated carbocycles. The van der Waals surface area contributed by atoms with Crippen LogP contribution in [0.15, 0.2) is 52.3 Å². The maximum Gasteiger partial charge on any atom is 0.175 e. The van der Waals surface area contributed by atoms with E-state index in [1.165, 1.54) is 17.0 Å². The van der Waals surface area contributed by atoms with Crippen molar-refractivity contribution >= 4 is 38.9 Å². The van der Waals surface area contributed by atoms with Crippen molar-refractivity contribution in [2.45, 2.75) is 19.7 Å². The van der Waals surface area contributed by atoms with Gasteiger partial charge in [-0.25, -0.2) is 4.39 Å². The van der Waals surface area contributed by atoms with Crippen LogP contribution in [0.1, 0.15) is 16.0 Å². The molecule has 3 nitrogen and oxygen atoms in total. The zero-order valence-corrected chi connectivity index (χ0v) is 17.8. The third-order valence-electron chi connectivity index (χ3n) is 3.88. The van der Waals surface area contributed by atoms with Crippen LogP contribution in [0.3, 0.4) is 0 Å². The van der Waals surface area contributed by atoms with Crippen LogP contribution in [-0.4, -0.2) is 7.11 Å². The summed E-state index contributed by atoms with van der Waals surface area (Å²) in [5, 5.41) is 5.81. The molecule has 0 spiro atoms. The minimum atomic E-state index is -0.373. The van der Waals surface area contributed by atoms with Gasteiger partial charge in [0.25, 0.3) is 0 Å². The molecular formula is C20H18BrClFNO2S. The molecule has 3 rings (SSSR count). The van der Waals surface area contributed by atoms with Crippen molar-refractivity contribution < 1.29 is 13.9 Å². The maximum atomic E-state index is 13.2. The van der Waals surface area contributed by atoms with E-state index in [2.05, 4.69) is 32.7 Å². The Bertz CT molecular complexity index is 905. The minimum Gasteiger partial charge on any atom is -0.493 e. The number of hydrogen-bond donors (Lipinski definition) is 1. The van der Waals surface area contributed by atoms with Crippen LogP contribution < -0.4 is 14.8 Å². The first-order chi connectivity index (χ1) is 13.1. The summed E-state index contributed by atoms with van der Waals surface area (Å²) in [5.41, 5.74) is 1.77. The van der Waals surface area contributed by atoms with Crippen molar-refractivity contribution in [1.29, 1.82) is 0 Å². The van der Waals surface area contributed by atoms with E-state index in [0.717, 1.165) is 16.6 Å². The van der Waals surface area contributed by atoms with Crippen molar-refractivity contribution in [3.8, 4) is 11.5 Å². The predicted molar refractivity (Wildman–Crippen MR) is 111 cm³/mol. The molecule has 1 heterocycles. The Morgan fingerprint density at radius 2 is 2.04 bits per heavy atom. The summed E-state index contributed by atoms with van der Waals surface area (Å²) in [7, 11) is 1.60. The second-order valence-electron chi connectivity index (χ2n) is 5.82. The first-order valence-corrected chi connectivity index (χ1v) is 10.3. The fourth-order valence-corrected chi connectivity index (χ4v) is 4.05. The zero-order valence-electron chi connectivity index (χ0n) is 14.6. The van der Waals surface area contributed by atoms with Crippen LogP contribution in [0.4, 0.5) is 4.39 Å². The zero-order chi connectivity index (χ0) is 19.2. The number of ether oxygens (including phenoxy) is 2. The van der Waals surface area contributed by atoms with Gasteiger partial charge in [-0.15, -0.1) is 11.3 Å². The second kappa shape index (κ2) is 9.55. The topological polar surface area (TPSA) is 30.5 Å². The predicted octanol–water partition coefficient (Wildman–Crippen LogP) is 6.18. The average Bonchev–Trinajstić information content (AvgIpc) is 3.15. The van der Waals surface area contributed by atoms with Crippen LogP contribution in [0, 0.1) is 5.82 Å². The summed E-state index contributed by atoms with van der Waals surface area (Å²) < 4.78 is 25.3. The maximum absolute atomic E-state index is 13.2. The summed E-state index contributed by atoms with van der Waals surface area (Å²) in [6.07, 6.45) is 0. The number of rotatable bonds is 8. The fourth-order valence-electron chi connectivity index (χ4n) is 2.55. The van der Waals surface area contributed by atoms with Crippen LogP contribution in [0.5, 0.6) is 11.5 Å². The van der Waals surface area contributed by atoms with Crippen molar-refractivity contribution in [1.82, 2.24) is 5.32 Å². The fraction of sp³-hybridized carbons (Fsp3) is 0.200. The van der Waals surface area contributed by atoms with Crippen LogP contribution in [0.25, 0.3) is 0 Å². The van der Waals surface area contributed by atoms with Gasteiger partial charge in [0.05, 0.1) is 16.6 Å². The Hall–Kier alpha value is -1.60. The van der Waals surface area contributed by atoms with E-state index in [4.69, 9.17) is 21.1 Å². The van der Waals surface area contributed by atoms with Crippen LogP contribution in [-0.2, 0) is 19.7 Å². The van der Waals surface area contributed by atoms with Gasteiger partial charge in [0.15, 0.2) is 11.5 Å². The first-order valence-electron chi connectivity index (χ1n) is 8.23. The summed E-state index contributed by atoms with van der Waals surface area (Å²) in [5.74, 6) is 0.831. The minimum absolute atomic E-state index is 0.212. The van der Waals surface area contributed by atoms with Crippen molar-refractivity contribution in [3.05, 3.63) is 79.2 Å². The third kappa shape index (κ3) is 5.45. The SMILES string of the molecule is COc1cc(CNCc2cccs2)cc(Br)c1OCc1ccc(F)cc1Cl. The summed E-state index contributed by atoms with van der Waals surface area (Å²) in [6.45, 7) is 1.74.